The van der Waals surface area contributed by atoms with Crippen molar-refractivity contribution in [2.75, 3.05) is 6.66 Å². The Balaban J connectivity index is 2.88. The van der Waals surface area contributed by atoms with Crippen LogP contribution in [0.2, 0.25) is 26.2 Å². The predicted octanol–water partition coefficient (Wildman–Crippen LogP) is 2.28. The lowest BCUT2D eigenvalue weighted by molar-refractivity contribution is 0.257. The van der Waals surface area contributed by atoms with E-state index in [-0.39, 0.29) is 0 Å². The van der Waals surface area contributed by atoms with Gasteiger partial charge in [0.15, 0.2) is 0 Å². The average Bonchev–Trinajstić information content (AvgIpc) is 1.44. The molecule has 0 spiro atoms. The first-order chi connectivity index (χ1) is 5.12. The molecule has 0 aromatic heterocycles. The molecule has 0 N–H and O–H groups in total. The summed E-state index contributed by atoms with van der Waals surface area (Å²) in [6.45, 7) is 9.07. The molecule has 1 rings (SSSR count). The summed E-state index contributed by atoms with van der Waals surface area (Å²) in [6.07, 6.45) is 0. The summed E-state index contributed by atoms with van der Waals surface area (Å²) in [5, 5.41) is 0. The highest BCUT2D eigenvalue weighted by Crippen LogP contribution is 2.53. The minimum atomic E-state index is -2.83. The second-order valence-corrected chi connectivity index (χ2v) is 13.3. The van der Waals surface area contributed by atoms with Gasteiger partial charge >= 0.3 is 24.7 Å². The van der Waals surface area contributed by atoms with Gasteiger partial charge in [-0.25, -0.2) is 0 Å². The molecule has 0 bridgehead atoms. The lowest BCUT2D eigenvalue weighted by Crippen LogP contribution is -2.51. The minimum Gasteiger partial charge on any atom is -0.414 e. The van der Waals surface area contributed by atoms with Crippen LogP contribution < -0.4 is 0 Å². The molecule has 7 heteroatoms. The zero-order valence-corrected chi connectivity index (χ0v) is 11.0. The van der Waals surface area contributed by atoms with E-state index in [1.807, 2.05) is 26.2 Å². The van der Waals surface area contributed by atoms with Gasteiger partial charge in [0.2, 0.25) is 0 Å². The van der Waals surface area contributed by atoms with Gasteiger partial charge in [-0.05, 0) is 26.2 Å². The molecule has 0 unspecified atom stereocenters. The number of hydrogen-bond acceptors (Lipinski definition) is 4. The van der Waals surface area contributed by atoms with Gasteiger partial charge in [-0.1, -0.05) is 0 Å². The summed E-state index contributed by atoms with van der Waals surface area (Å²) < 4.78 is 27.8. The Hall–Kier alpha value is 0.544. The smallest absolute Gasteiger partial charge is 0.331 e. The highest BCUT2D eigenvalue weighted by atomic mass is 31.2. The van der Waals surface area contributed by atoms with E-state index >= 15 is 0 Å². The molecule has 0 radical (unpaired) electrons. The van der Waals surface area contributed by atoms with Crippen molar-refractivity contribution in [2.24, 2.45) is 0 Å². The number of rotatable bonds is 0. The normalized spacial score (nSPS) is 31.4. The molecule has 0 aromatic rings. The summed E-state index contributed by atoms with van der Waals surface area (Å²) in [5.41, 5.74) is 0. The Labute approximate surface area is 75.3 Å². The van der Waals surface area contributed by atoms with Crippen molar-refractivity contribution in [3.8, 4) is 0 Å². The van der Waals surface area contributed by atoms with Gasteiger partial charge in [0, 0.05) is 6.66 Å². The first-order valence-electron chi connectivity index (χ1n) is 3.81. The summed E-state index contributed by atoms with van der Waals surface area (Å²) in [7, 11) is -7.21. The van der Waals surface area contributed by atoms with Crippen LogP contribution in [0.15, 0.2) is 0 Å². The molecule has 4 nitrogen and oxygen atoms in total. The Kier molecular flexibility index (Phi) is 2.45. The molecular weight excluding hydrogens is 211 g/mol. The van der Waals surface area contributed by atoms with Crippen molar-refractivity contribution in [1.29, 1.82) is 0 Å². The maximum atomic E-state index is 11.6. The van der Waals surface area contributed by atoms with Crippen LogP contribution >= 0.6 is 7.60 Å². The van der Waals surface area contributed by atoms with Gasteiger partial charge in [0.1, 0.15) is 0 Å². The quantitative estimate of drug-likeness (QED) is 0.469. The van der Waals surface area contributed by atoms with E-state index in [0.29, 0.717) is 0 Å². The van der Waals surface area contributed by atoms with Crippen LogP contribution in [0, 0.1) is 0 Å². The van der Waals surface area contributed by atoms with Crippen LogP contribution in [0.1, 0.15) is 0 Å². The van der Waals surface area contributed by atoms with Crippen LogP contribution in [0.4, 0.5) is 0 Å². The van der Waals surface area contributed by atoms with Crippen molar-refractivity contribution in [3.63, 3.8) is 0 Å². The summed E-state index contributed by atoms with van der Waals surface area (Å²) >= 11 is 0. The highest BCUT2D eigenvalue weighted by Gasteiger charge is 2.48. The molecular formula is C5H15O4PSi2. The van der Waals surface area contributed by atoms with Gasteiger partial charge in [0.05, 0.1) is 0 Å². The lowest BCUT2D eigenvalue weighted by Gasteiger charge is -2.40. The highest BCUT2D eigenvalue weighted by molar-refractivity contribution is 7.56. The fraction of sp³-hybridized carbons (Fsp3) is 1.00. The van der Waals surface area contributed by atoms with Gasteiger partial charge in [-0.3, -0.25) is 4.57 Å². The van der Waals surface area contributed by atoms with Gasteiger partial charge in [-0.2, -0.15) is 0 Å². The molecule has 0 amide bonds. The first-order valence-corrected chi connectivity index (χ1v) is 11.4. The van der Waals surface area contributed by atoms with Crippen LogP contribution in [-0.4, -0.2) is 23.8 Å². The van der Waals surface area contributed by atoms with Gasteiger partial charge < -0.3 is 12.5 Å². The standard InChI is InChI=1S/C5H15O4PSi2/c1-10(6)7-11(2,3)9-12(4,5)8-10/h1-5H3. The average molecular weight is 226 g/mol. The zero-order valence-electron chi connectivity index (χ0n) is 8.08. The van der Waals surface area contributed by atoms with Crippen molar-refractivity contribution >= 4 is 24.7 Å². The topological polar surface area (TPSA) is 44.8 Å². The third-order valence-corrected chi connectivity index (χ3v) is 11.4. The molecule has 1 aliphatic rings. The van der Waals surface area contributed by atoms with Crippen LogP contribution in [-0.2, 0) is 17.1 Å². The van der Waals surface area contributed by atoms with Crippen molar-refractivity contribution in [3.05, 3.63) is 0 Å². The van der Waals surface area contributed by atoms with Crippen LogP contribution in [0.3, 0.4) is 0 Å². The van der Waals surface area contributed by atoms with E-state index in [9.17, 15) is 4.57 Å². The van der Waals surface area contributed by atoms with Gasteiger partial charge in [0.25, 0.3) is 0 Å². The van der Waals surface area contributed by atoms with Crippen LogP contribution in [0.25, 0.3) is 0 Å². The zero-order chi connectivity index (χ0) is 9.62. The minimum absolute atomic E-state index is 1.51. The fourth-order valence-corrected chi connectivity index (χ4v) is 14.0. The maximum absolute atomic E-state index is 11.6. The lowest BCUT2D eigenvalue weighted by atomic mass is 11.9. The molecule has 1 fully saturated rings. The van der Waals surface area contributed by atoms with E-state index in [2.05, 4.69) is 0 Å². The fourth-order valence-electron chi connectivity index (χ4n) is 1.45. The van der Waals surface area contributed by atoms with Crippen molar-refractivity contribution in [2.45, 2.75) is 26.2 Å². The van der Waals surface area contributed by atoms with E-state index in [4.69, 9.17) is 12.5 Å². The molecule has 0 atom stereocenters. The largest absolute Gasteiger partial charge is 0.414 e. The van der Waals surface area contributed by atoms with E-state index in [0.717, 1.165) is 0 Å². The Morgan fingerprint density at radius 3 is 1.58 bits per heavy atom. The molecule has 0 aromatic carbocycles. The van der Waals surface area contributed by atoms with E-state index in [1.165, 1.54) is 6.66 Å². The second kappa shape index (κ2) is 2.77. The van der Waals surface area contributed by atoms with Crippen molar-refractivity contribution < 1.29 is 17.1 Å². The number of hydrogen-bond donors (Lipinski definition) is 0. The first kappa shape index (κ1) is 10.6. The maximum Gasteiger partial charge on any atom is 0.331 e. The Morgan fingerprint density at radius 1 is 1.00 bits per heavy atom. The summed E-state index contributed by atoms with van der Waals surface area (Å²) in [6, 6.07) is 0. The second-order valence-electron chi connectivity index (χ2n) is 3.86. The predicted molar refractivity (Wildman–Crippen MR) is 51.7 cm³/mol. The van der Waals surface area contributed by atoms with Gasteiger partial charge in [-0.15, -0.1) is 0 Å². The third kappa shape index (κ3) is 2.79. The molecule has 12 heavy (non-hydrogen) atoms. The third-order valence-electron chi connectivity index (χ3n) is 1.26. The SMILES string of the molecule is C[Si]1(C)O[Si](C)(C)OP(C)(=O)O1. The molecule has 1 saturated heterocycles. The molecule has 1 heterocycles. The molecule has 72 valence electrons. The van der Waals surface area contributed by atoms with E-state index < -0.39 is 24.7 Å². The Morgan fingerprint density at radius 2 is 1.33 bits per heavy atom. The Bertz CT molecular complexity index is 220. The molecule has 0 aliphatic carbocycles. The van der Waals surface area contributed by atoms with Crippen LogP contribution in [0.5, 0.6) is 0 Å². The van der Waals surface area contributed by atoms with E-state index in [1.54, 1.807) is 0 Å². The monoisotopic (exact) mass is 226 g/mol. The van der Waals surface area contributed by atoms with Crippen molar-refractivity contribution in [1.82, 2.24) is 0 Å². The summed E-state index contributed by atoms with van der Waals surface area (Å²) in [5.74, 6) is 0. The summed E-state index contributed by atoms with van der Waals surface area (Å²) in [4.78, 5) is 0. The molecule has 0 saturated carbocycles. The molecule has 1 aliphatic heterocycles.